The summed E-state index contributed by atoms with van der Waals surface area (Å²) >= 11 is 0. The van der Waals surface area contributed by atoms with Crippen molar-refractivity contribution >= 4 is 12.1 Å². The van der Waals surface area contributed by atoms with Crippen LogP contribution in [-0.2, 0) is 4.74 Å². The molecule has 0 aromatic carbocycles. The molecule has 1 saturated carbocycles. The number of nitrogens with zero attached hydrogens (tertiary/aromatic N) is 3. The summed E-state index contributed by atoms with van der Waals surface area (Å²) < 4.78 is 4.75. The average molecular weight is 367 g/mol. The third-order valence-electron chi connectivity index (χ3n) is 6.16. The van der Waals surface area contributed by atoms with E-state index in [2.05, 4.69) is 10.2 Å². The van der Waals surface area contributed by atoms with Gasteiger partial charge in [-0.1, -0.05) is 19.3 Å². The number of nitrogens with one attached hydrogen (secondary N) is 1. The third-order valence-corrected chi connectivity index (χ3v) is 6.16. The van der Waals surface area contributed by atoms with Crippen LogP contribution >= 0.6 is 0 Å². The fraction of sp³-hybridized carbons (Fsp3) is 0.895. The molecule has 3 amide bonds. The molecule has 2 heterocycles. The van der Waals surface area contributed by atoms with Crippen LogP contribution in [0.1, 0.15) is 44.9 Å². The molecule has 0 atom stereocenters. The van der Waals surface area contributed by atoms with Gasteiger partial charge in [-0.2, -0.15) is 0 Å². The lowest BCUT2D eigenvalue weighted by Crippen LogP contribution is -2.55. The van der Waals surface area contributed by atoms with Crippen LogP contribution in [0.25, 0.3) is 0 Å². The Morgan fingerprint density at radius 2 is 1.54 bits per heavy atom. The van der Waals surface area contributed by atoms with Crippen molar-refractivity contribution in [3.63, 3.8) is 0 Å². The van der Waals surface area contributed by atoms with Crippen LogP contribution in [0.2, 0.25) is 0 Å². The fourth-order valence-electron chi connectivity index (χ4n) is 4.47. The first-order valence-electron chi connectivity index (χ1n) is 10.3. The quantitative estimate of drug-likeness (QED) is 0.831. The van der Waals surface area contributed by atoms with Crippen molar-refractivity contribution in [1.82, 2.24) is 20.0 Å². The number of carbonyl (C=O) groups excluding carboxylic acids is 2. The zero-order chi connectivity index (χ0) is 18.4. The predicted octanol–water partition coefficient (Wildman–Crippen LogP) is 2.12. The minimum atomic E-state index is -0.274. The van der Waals surface area contributed by atoms with Gasteiger partial charge in [0.05, 0.1) is 7.11 Å². The lowest BCUT2D eigenvalue weighted by Gasteiger charge is -2.38. The number of carbonyl (C=O) groups is 2. The predicted molar refractivity (Wildman–Crippen MR) is 100 cm³/mol. The van der Waals surface area contributed by atoms with Crippen LogP contribution in [0.4, 0.5) is 9.59 Å². The van der Waals surface area contributed by atoms with E-state index < -0.39 is 0 Å². The SMILES string of the molecule is COC(=O)N1CCC(NC(=O)N2CCN(CC3CCCCC3)CC2)CC1. The molecule has 3 aliphatic rings. The maximum Gasteiger partial charge on any atom is 0.409 e. The Hall–Kier alpha value is -1.50. The van der Waals surface area contributed by atoms with Gasteiger partial charge in [-0.25, -0.2) is 9.59 Å². The molecule has 7 nitrogen and oxygen atoms in total. The van der Waals surface area contributed by atoms with Crippen LogP contribution in [-0.4, -0.2) is 85.8 Å². The summed E-state index contributed by atoms with van der Waals surface area (Å²) in [5.74, 6) is 0.865. The molecular weight excluding hydrogens is 332 g/mol. The summed E-state index contributed by atoms with van der Waals surface area (Å²) in [6.45, 7) is 6.12. The van der Waals surface area contributed by atoms with Crippen molar-refractivity contribution in [2.45, 2.75) is 51.0 Å². The monoisotopic (exact) mass is 366 g/mol. The van der Waals surface area contributed by atoms with Crippen molar-refractivity contribution in [2.24, 2.45) is 5.92 Å². The van der Waals surface area contributed by atoms with E-state index in [-0.39, 0.29) is 18.2 Å². The van der Waals surface area contributed by atoms with E-state index in [1.807, 2.05) is 4.90 Å². The van der Waals surface area contributed by atoms with Gasteiger partial charge in [-0.15, -0.1) is 0 Å². The van der Waals surface area contributed by atoms with E-state index in [1.165, 1.54) is 45.8 Å². The average Bonchev–Trinajstić information content (AvgIpc) is 2.69. The van der Waals surface area contributed by atoms with Gasteiger partial charge in [0.15, 0.2) is 0 Å². The molecule has 1 aliphatic carbocycles. The van der Waals surface area contributed by atoms with E-state index in [0.29, 0.717) is 13.1 Å². The highest BCUT2D eigenvalue weighted by Gasteiger charge is 2.28. The van der Waals surface area contributed by atoms with Crippen LogP contribution in [0.5, 0.6) is 0 Å². The lowest BCUT2D eigenvalue weighted by molar-refractivity contribution is 0.105. The number of piperazine rings is 1. The minimum absolute atomic E-state index is 0.0545. The second kappa shape index (κ2) is 9.44. The Bertz CT molecular complexity index is 465. The lowest BCUT2D eigenvalue weighted by atomic mass is 9.89. The molecule has 3 fully saturated rings. The van der Waals surface area contributed by atoms with Gasteiger partial charge in [-0.05, 0) is 31.6 Å². The van der Waals surface area contributed by atoms with E-state index in [9.17, 15) is 9.59 Å². The van der Waals surface area contributed by atoms with E-state index in [4.69, 9.17) is 4.74 Å². The van der Waals surface area contributed by atoms with Crippen LogP contribution in [0, 0.1) is 5.92 Å². The Labute approximate surface area is 157 Å². The number of piperidine rings is 1. The first kappa shape index (κ1) is 19.3. The maximum atomic E-state index is 12.5. The van der Waals surface area contributed by atoms with E-state index in [1.54, 1.807) is 4.90 Å². The third kappa shape index (κ3) is 5.25. The van der Waals surface area contributed by atoms with Crippen molar-refractivity contribution in [3.05, 3.63) is 0 Å². The number of methoxy groups -OCH3 is 1. The molecule has 0 bridgehead atoms. The molecule has 3 rings (SSSR count). The number of amides is 3. The molecule has 0 radical (unpaired) electrons. The summed E-state index contributed by atoms with van der Waals surface area (Å²) in [4.78, 5) is 30.2. The van der Waals surface area contributed by atoms with E-state index in [0.717, 1.165) is 44.9 Å². The molecule has 7 heteroatoms. The van der Waals surface area contributed by atoms with Crippen molar-refractivity contribution in [2.75, 3.05) is 52.9 Å². The Morgan fingerprint density at radius 1 is 0.885 bits per heavy atom. The number of urea groups is 1. The highest BCUT2D eigenvalue weighted by molar-refractivity contribution is 5.74. The molecule has 26 heavy (non-hydrogen) atoms. The van der Waals surface area contributed by atoms with Crippen LogP contribution < -0.4 is 5.32 Å². The summed E-state index contributed by atoms with van der Waals surface area (Å²) in [6, 6.07) is 0.211. The Balaban J connectivity index is 1.34. The van der Waals surface area contributed by atoms with Crippen molar-refractivity contribution in [3.8, 4) is 0 Å². The van der Waals surface area contributed by atoms with Crippen molar-refractivity contribution < 1.29 is 14.3 Å². The largest absolute Gasteiger partial charge is 0.453 e. The molecule has 0 spiro atoms. The van der Waals surface area contributed by atoms with Gasteiger partial charge in [0.1, 0.15) is 0 Å². The molecule has 1 N–H and O–H groups in total. The number of hydrogen-bond donors (Lipinski definition) is 1. The zero-order valence-corrected chi connectivity index (χ0v) is 16.1. The standard InChI is InChI=1S/C19H34N4O3/c1-26-19(25)23-9-7-17(8-10-23)20-18(24)22-13-11-21(12-14-22)15-16-5-3-2-4-6-16/h16-17H,2-15H2,1H3,(H,20,24). The number of likely N-dealkylation sites (tertiary alicyclic amines) is 1. The Kier molecular flexibility index (Phi) is 7.00. The number of rotatable bonds is 3. The van der Waals surface area contributed by atoms with Crippen molar-refractivity contribution in [1.29, 1.82) is 0 Å². The summed E-state index contributed by atoms with van der Waals surface area (Å²) in [5.41, 5.74) is 0. The summed E-state index contributed by atoms with van der Waals surface area (Å²) in [7, 11) is 1.41. The molecule has 0 unspecified atom stereocenters. The van der Waals surface area contributed by atoms with Gasteiger partial charge >= 0.3 is 12.1 Å². The summed E-state index contributed by atoms with van der Waals surface area (Å²) in [6.07, 6.45) is 8.26. The minimum Gasteiger partial charge on any atom is -0.453 e. The molecule has 2 saturated heterocycles. The smallest absolute Gasteiger partial charge is 0.409 e. The first-order chi connectivity index (χ1) is 12.7. The van der Waals surface area contributed by atoms with Gasteiger partial charge < -0.3 is 19.9 Å². The molecule has 0 aromatic heterocycles. The molecular formula is C19H34N4O3. The fourth-order valence-corrected chi connectivity index (χ4v) is 4.47. The van der Waals surface area contributed by atoms with Gasteiger partial charge in [0.25, 0.3) is 0 Å². The molecule has 0 aromatic rings. The highest BCUT2D eigenvalue weighted by atomic mass is 16.5. The zero-order valence-electron chi connectivity index (χ0n) is 16.1. The van der Waals surface area contributed by atoms with Crippen LogP contribution in [0.15, 0.2) is 0 Å². The summed E-state index contributed by atoms with van der Waals surface area (Å²) in [5, 5.41) is 3.15. The van der Waals surface area contributed by atoms with Gasteiger partial charge in [0, 0.05) is 51.9 Å². The van der Waals surface area contributed by atoms with E-state index >= 15 is 0 Å². The second-order valence-corrected chi connectivity index (χ2v) is 7.97. The number of hydrogen-bond acceptors (Lipinski definition) is 4. The normalized spacial score (nSPS) is 23.7. The number of ether oxygens (including phenoxy) is 1. The first-order valence-corrected chi connectivity index (χ1v) is 10.3. The van der Waals surface area contributed by atoms with Crippen LogP contribution in [0.3, 0.4) is 0 Å². The topological polar surface area (TPSA) is 65.1 Å². The van der Waals surface area contributed by atoms with Gasteiger partial charge in [0.2, 0.25) is 0 Å². The molecule has 148 valence electrons. The second-order valence-electron chi connectivity index (χ2n) is 7.97. The highest BCUT2D eigenvalue weighted by Crippen LogP contribution is 2.24. The van der Waals surface area contributed by atoms with Gasteiger partial charge in [-0.3, -0.25) is 4.90 Å². The molecule has 2 aliphatic heterocycles. The maximum absolute atomic E-state index is 12.5. The Morgan fingerprint density at radius 3 is 2.15 bits per heavy atom.